The number of carboxylic acid groups (broad SMARTS) is 1. The molecule has 0 aliphatic heterocycles. The molecule has 0 aliphatic rings. The highest BCUT2D eigenvalue weighted by Gasteiger charge is 2.15. The number of urea groups is 1. The molecule has 18 heavy (non-hydrogen) atoms. The average Bonchev–Trinajstić information content (AvgIpc) is 2.32. The fraction of sp³-hybridized carbons (Fsp3) is 0.818. The third-order valence-corrected chi connectivity index (χ3v) is 2.43. The van der Waals surface area contributed by atoms with Gasteiger partial charge in [-0.25, -0.2) is 4.79 Å². The minimum atomic E-state index is -0.934. The topological polar surface area (TPSA) is 96.9 Å². The van der Waals surface area contributed by atoms with Gasteiger partial charge in [-0.05, 0) is 6.42 Å². The van der Waals surface area contributed by atoms with E-state index in [9.17, 15) is 9.59 Å². The van der Waals surface area contributed by atoms with Crippen molar-refractivity contribution in [1.82, 2.24) is 10.6 Å². The molecule has 0 aliphatic carbocycles. The van der Waals surface area contributed by atoms with Gasteiger partial charge in [0.1, 0.15) is 0 Å². The highest BCUT2D eigenvalue weighted by molar-refractivity contribution is 5.75. The van der Waals surface area contributed by atoms with E-state index in [0.717, 1.165) is 0 Å². The van der Waals surface area contributed by atoms with Crippen LogP contribution in [0.5, 0.6) is 0 Å². The van der Waals surface area contributed by atoms with Gasteiger partial charge in [0, 0.05) is 26.8 Å². The molecule has 0 saturated heterocycles. The van der Waals surface area contributed by atoms with Crippen LogP contribution in [0.1, 0.15) is 19.8 Å². The van der Waals surface area contributed by atoms with Crippen LogP contribution in [0.2, 0.25) is 0 Å². The van der Waals surface area contributed by atoms with Gasteiger partial charge >= 0.3 is 12.0 Å². The third-order valence-electron chi connectivity index (χ3n) is 2.43. The predicted molar refractivity (Wildman–Crippen MR) is 65.5 cm³/mol. The summed E-state index contributed by atoms with van der Waals surface area (Å²) in [6, 6.07) is -0.771. The lowest BCUT2D eigenvalue weighted by molar-refractivity contribution is -0.137. The van der Waals surface area contributed by atoms with E-state index in [2.05, 4.69) is 10.6 Å². The summed E-state index contributed by atoms with van der Waals surface area (Å²) in [4.78, 5) is 22.0. The van der Waals surface area contributed by atoms with Crippen LogP contribution in [0.4, 0.5) is 4.79 Å². The standard InChI is InChI=1S/C11H22N2O5/c1-4-8(5-10(14)15)13-11(16)12-6-9(18-3)7-17-2/h8-9H,4-7H2,1-3H3,(H,14,15)(H2,12,13,16). The number of hydrogen-bond donors (Lipinski definition) is 3. The van der Waals surface area contributed by atoms with Gasteiger partial charge in [0.2, 0.25) is 0 Å². The number of carbonyl (C=O) groups excluding carboxylic acids is 1. The molecule has 0 fully saturated rings. The monoisotopic (exact) mass is 262 g/mol. The summed E-state index contributed by atoms with van der Waals surface area (Å²) in [7, 11) is 3.08. The lowest BCUT2D eigenvalue weighted by Gasteiger charge is -2.18. The molecule has 3 N–H and O–H groups in total. The lowest BCUT2D eigenvalue weighted by Crippen LogP contribution is -2.45. The Morgan fingerprint density at radius 3 is 2.44 bits per heavy atom. The zero-order valence-corrected chi connectivity index (χ0v) is 11.1. The lowest BCUT2D eigenvalue weighted by atomic mass is 10.1. The number of methoxy groups -OCH3 is 2. The fourth-order valence-electron chi connectivity index (χ4n) is 1.35. The first-order chi connectivity index (χ1) is 8.53. The molecule has 0 aromatic heterocycles. The van der Waals surface area contributed by atoms with Gasteiger partial charge in [-0.2, -0.15) is 0 Å². The van der Waals surface area contributed by atoms with Gasteiger partial charge < -0.3 is 25.2 Å². The maximum Gasteiger partial charge on any atom is 0.315 e. The van der Waals surface area contributed by atoms with Crippen molar-refractivity contribution < 1.29 is 24.2 Å². The van der Waals surface area contributed by atoms with E-state index in [1.807, 2.05) is 6.92 Å². The largest absolute Gasteiger partial charge is 0.481 e. The Morgan fingerprint density at radius 1 is 1.33 bits per heavy atom. The molecule has 0 heterocycles. The van der Waals surface area contributed by atoms with Crippen molar-refractivity contribution in [2.75, 3.05) is 27.4 Å². The molecule has 106 valence electrons. The van der Waals surface area contributed by atoms with Gasteiger partial charge in [-0.15, -0.1) is 0 Å². The first kappa shape index (κ1) is 16.7. The molecule has 0 spiro atoms. The van der Waals surface area contributed by atoms with Gasteiger partial charge in [-0.3, -0.25) is 4.79 Å². The smallest absolute Gasteiger partial charge is 0.315 e. The van der Waals surface area contributed by atoms with Crippen molar-refractivity contribution in [3.05, 3.63) is 0 Å². The van der Waals surface area contributed by atoms with E-state index in [-0.39, 0.29) is 18.6 Å². The second-order valence-electron chi connectivity index (χ2n) is 3.87. The molecule has 0 rings (SSSR count). The van der Waals surface area contributed by atoms with E-state index in [1.165, 1.54) is 7.11 Å². The van der Waals surface area contributed by atoms with Crippen LogP contribution in [0.15, 0.2) is 0 Å². The molecule has 2 unspecified atom stereocenters. The maximum absolute atomic E-state index is 11.5. The van der Waals surface area contributed by atoms with Gasteiger partial charge in [0.15, 0.2) is 0 Å². The predicted octanol–water partition coefficient (Wildman–Crippen LogP) is 0.200. The summed E-state index contributed by atoms with van der Waals surface area (Å²) in [5.41, 5.74) is 0. The molecular formula is C11H22N2O5. The van der Waals surface area contributed by atoms with Crippen LogP contribution in [0.3, 0.4) is 0 Å². The van der Waals surface area contributed by atoms with E-state index < -0.39 is 12.0 Å². The van der Waals surface area contributed by atoms with Crippen molar-refractivity contribution >= 4 is 12.0 Å². The van der Waals surface area contributed by atoms with Crippen molar-refractivity contribution in [3.8, 4) is 0 Å². The van der Waals surface area contributed by atoms with Crippen LogP contribution in [-0.2, 0) is 14.3 Å². The number of carbonyl (C=O) groups is 2. The summed E-state index contributed by atoms with van der Waals surface area (Å²) in [5, 5.41) is 13.8. The van der Waals surface area contributed by atoms with Crippen LogP contribution in [0.25, 0.3) is 0 Å². The zero-order chi connectivity index (χ0) is 14.0. The van der Waals surface area contributed by atoms with Crippen LogP contribution >= 0.6 is 0 Å². The van der Waals surface area contributed by atoms with Gasteiger partial charge in [-0.1, -0.05) is 6.92 Å². The summed E-state index contributed by atoms with van der Waals surface area (Å²) in [6.45, 7) is 2.50. The van der Waals surface area contributed by atoms with Gasteiger partial charge in [0.25, 0.3) is 0 Å². The number of aliphatic carboxylic acids is 1. The molecule has 0 saturated carbocycles. The number of ether oxygens (including phenoxy) is 2. The summed E-state index contributed by atoms with van der Waals surface area (Å²) in [5.74, 6) is -0.934. The average molecular weight is 262 g/mol. The molecule has 7 heteroatoms. The van der Waals surface area contributed by atoms with Crippen LogP contribution in [-0.4, -0.2) is 56.6 Å². The minimum absolute atomic E-state index is 0.0876. The van der Waals surface area contributed by atoms with E-state index in [1.54, 1.807) is 7.11 Å². The highest BCUT2D eigenvalue weighted by Crippen LogP contribution is 1.97. The Labute approximate surface area is 107 Å². The number of rotatable bonds is 9. The normalized spacial score (nSPS) is 13.7. The Bertz CT molecular complexity index is 260. The Balaban J connectivity index is 3.97. The zero-order valence-electron chi connectivity index (χ0n) is 11.1. The maximum atomic E-state index is 11.5. The molecule has 0 aromatic rings. The first-order valence-corrected chi connectivity index (χ1v) is 5.81. The van der Waals surface area contributed by atoms with E-state index in [4.69, 9.17) is 14.6 Å². The van der Waals surface area contributed by atoms with Crippen molar-refractivity contribution in [2.24, 2.45) is 0 Å². The molecular weight excluding hydrogens is 240 g/mol. The third kappa shape index (κ3) is 7.86. The van der Waals surface area contributed by atoms with Crippen LogP contribution < -0.4 is 10.6 Å². The first-order valence-electron chi connectivity index (χ1n) is 5.81. The van der Waals surface area contributed by atoms with Crippen molar-refractivity contribution in [3.63, 3.8) is 0 Å². The Hall–Kier alpha value is -1.34. The van der Waals surface area contributed by atoms with Crippen molar-refractivity contribution in [1.29, 1.82) is 0 Å². The van der Waals surface area contributed by atoms with E-state index in [0.29, 0.717) is 19.6 Å². The minimum Gasteiger partial charge on any atom is -0.481 e. The summed E-state index contributed by atoms with van der Waals surface area (Å²) in [6.07, 6.45) is 0.251. The second-order valence-corrected chi connectivity index (χ2v) is 3.87. The highest BCUT2D eigenvalue weighted by atomic mass is 16.5. The molecule has 0 bridgehead atoms. The second kappa shape index (κ2) is 9.67. The quantitative estimate of drug-likeness (QED) is 0.551. The van der Waals surface area contributed by atoms with Crippen molar-refractivity contribution in [2.45, 2.75) is 31.9 Å². The molecule has 0 aromatic carbocycles. The molecule has 7 nitrogen and oxygen atoms in total. The number of amides is 2. The fourth-order valence-corrected chi connectivity index (χ4v) is 1.35. The van der Waals surface area contributed by atoms with Gasteiger partial charge in [0.05, 0.1) is 19.1 Å². The Morgan fingerprint density at radius 2 is 2.00 bits per heavy atom. The molecule has 2 amide bonds. The summed E-state index contributed by atoms with van der Waals surface area (Å²) < 4.78 is 9.98. The Kier molecular flexibility index (Phi) is 8.95. The number of carboxylic acids is 1. The SMILES string of the molecule is CCC(CC(=O)O)NC(=O)NCC(COC)OC. The molecule has 2 atom stereocenters. The number of hydrogen-bond acceptors (Lipinski definition) is 4. The summed E-state index contributed by atoms with van der Waals surface area (Å²) >= 11 is 0. The van der Waals surface area contributed by atoms with Crippen LogP contribution in [0, 0.1) is 0 Å². The molecule has 0 radical (unpaired) electrons. The number of nitrogens with one attached hydrogen (secondary N) is 2. The van der Waals surface area contributed by atoms with E-state index >= 15 is 0 Å².